The lowest BCUT2D eigenvalue weighted by molar-refractivity contribution is -0.132. The zero-order valence-corrected chi connectivity index (χ0v) is 16.2. The van der Waals surface area contributed by atoms with Crippen LogP contribution in [0.5, 0.6) is 5.75 Å². The minimum absolute atomic E-state index is 0.0751. The number of carbonyl (C=O) groups is 1. The number of morpholine rings is 1. The molecule has 0 radical (unpaired) electrons. The van der Waals surface area contributed by atoms with Crippen LogP contribution in [0, 0.1) is 5.82 Å². The molecule has 0 spiro atoms. The van der Waals surface area contributed by atoms with Gasteiger partial charge in [-0.1, -0.05) is 11.8 Å². The van der Waals surface area contributed by atoms with Gasteiger partial charge in [-0.15, -0.1) is 10.2 Å². The Hall–Kier alpha value is -2.13. The van der Waals surface area contributed by atoms with E-state index < -0.39 is 0 Å². The number of ether oxygens (including phenoxy) is 2. The maximum atomic E-state index is 13.0. The summed E-state index contributed by atoms with van der Waals surface area (Å²) in [6, 6.07) is 5.86. The van der Waals surface area contributed by atoms with Gasteiger partial charge in [0, 0.05) is 19.6 Å². The fraction of sp³-hybridized carbons (Fsp3) is 0.500. The molecule has 0 saturated carbocycles. The lowest BCUT2D eigenvalue weighted by Crippen LogP contribution is -2.41. The second-order valence-electron chi connectivity index (χ2n) is 6.08. The molecular formula is C18H23FN4O3S. The highest BCUT2D eigenvalue weighted by Gasteiger charge is 2.21. The standard InChI is InChI=1S/C18H23FN4O3S/c1-3-23-17(13(2)26-15-6-4-14(19)5-7-15)20-21-18(23)27-12-16(24)22-8-10-25-11-9-22/h4-7,13H,3,8-12H2,1-2H3. The molecule has 0 aliphatic carbocycles. The minimum Gasteiger partial charge on any atom is -0.483 e. The van der Waals surface area contributed by atoms with Gasteiger partial charge in [0.2, 0.25) is 5.91 Å². The van der Waals surface area contributed by atoms with Crippen molar-refractivity contribution < 1.29 is 18.7 Å². The number of benzene rings is 1. The smallest absolute Gasteiger partial charge is 0.233 e. The summed E-state index contributed by atoms with van der Waals surface area (Å²) in [6.45, 7) is 6.96. The molecule has 2 heterocycles. The molecule has 0 N–H and O–H groups in total. The van der Waals surface area contributed by atoms with E-state index in [4.69, 9.17) is 9.47 Å². The third kappa shape index (κ3) is 4.98. The first kappa shape index (κ1) is 19.6. The lowest BCUT2D eigenvalue weighted by atomic mass is 10.3. The summed E-state index contributed by atoms with van der Waals surface area (Å²) in [7, 11) is 0. The van der Waals surface area contributed by atoms with Crippen molar-refractivity contribution in [1.29, 1.82) is 0 Å². The molecule has 1 fully saturated rings. The Labute approximate surface area is 161 Å². The molecule has 7 nitrogen and oxygen atoms in total. The first-order chi connectivity index (χ1) is 13.1. The van der Waals surface area contributed by atoms with Crippen LogP contribution in [0.3, 0.4) is 0 Å². The average Bonchev–Trinajstić information content (AvgIpc) is 3.11. The van der Waals surface area contributed by atoms with Gasteiger partial charge in [-0.3, -0.25) is 4.79 Å². The van der Waals surface area contributed by atoms with Crippen LogP contribution in [-0.4, -0.2) is 57.6 Å². The van der Waals surface area contributed by atoms with Gasteiger partial charge in [-0.25, -0.2) is 4.39 Å². The fourth-order valence-electron chi connectivity index (χ4n) is 2.81. The molecular weight excluding hydrogens is 371 g/mol. The van der Waals surface area contributed by atoms with Crippen molar-refractivity contribution in [2.24, 2.45) is 0 Å². The first-order valence-corrected chi connectivity index (χ1v) is 9.90. The molecule has 1 amide bonds. The molecule has 27 heavy (non-hydrogen) atoms. The van der Waals surface area contributed by atoms with Crippen molar-refractivity contribution in [2.45, 2.75) is 31.7 Å². The molecule has 0 bridgehead atoms. The van der Waals surface area contributed by atoms with Crippen LogP contribution in [0.25, 0.3) is 0 Å². The number of rotatable bonds is 7. The van der Waals surface area contributed by atoms with Gasteiger partial charge in [0.15, 0.2) is 17.1 Å². The third-order valence-electron chi connectivity index (χ3n) is 4.24. The highest BCUT2D eigenvalue weighted by Crippen LogP contribution is 2.25. The summed E-state index contributed by atoms with van der Waals surface area (Å²) in [5.74, 6) is 1.31. The van der Waals surface area contributed by atoms with Crippen LogP contribution < -0.4 is 4.74 Å². The lowest BCUT2D eigenvalue weighted by Gasteiger charge is -2.26. The zero-order chi connectivity index (χ0) is 19.2. The normalized spacial score (nSPS) is 15.6. The largest absolute Gasteiger partial charge is 0.483 e. The molecule has 1 unspecified atom stereocenters. The topological polar surface area (TPSA) is 69.5 Å². The SMILES string of the molecule is CCn1c(SCC(=O)N2CCOCC2)nnc1C(C)Oc1ccc(F)cc1. The predicted octanol–water partition coefficient (Wildman–Crippen LogP) is 2.53. The van der Waals surface area contributed by atoms with E-state index in [1.54, 1.807) is 12.1 Å². The van der Waals surface area contributed by atoms with Crippen molar-refractivity contribution >= 4 is 17.7 Å². The summed E-state index contributed by atoms with van der Waals surface area (Å²) >= 11 is 1.37. The van der Waals surface area contributed by atoms with Crippen molar-refractivity contribution in [3.8, 4) is 5.75 Å². The van der Waals surface area contributed by atoms with Gasteiger partial charge in [0.05, 0.1) is 19.0 Å². The number of hydrogen-bond donors (Lipinski definition) is 0. The summed E-state index contributed by atoms with van der Waals surface area (Å²) in [6.07, 6.45) is -0.354. The predicted molar refractivity (Wildman–Crippen MR) is 99.3 cm³/mol. The van der Waals surface area contributed by atoms with E-state index in [1.165, 1.54) is 23.9 Å². The molecule has 3 rings (SSSR count). The number of hydrogen-bond acceptors (Lipinski definition) is 6. The second kappa shape index (κ2) is 9.18. The van der Waals surface area contributed by atoms with Crippen LogP contribution in [-0.2, 0) is 16.1 Å². The Morgan fingerprint density at radius 1 is 1.30 bits per heavy atom. The van der Waals surface area contributed by atoms with Gasteiger partial charge < -0.3 is 18.9 Å². The van der Waals surface area contributed by atoms with Crippen LogP contribution in [0.2, 0.25) is 0 Å². The Bertz CT molecular complexity index is 762. The monoisotopic (exact) mass is 394 g/mol. The molecule has 1 saturated heterocycles. The van der Waals surface area contributed by atoms with Crippen molar-refractivity contribution in [3.63, 3.8) is 0 Å². The Balaban J connectivity index is 1.63. The Kier molecular flexibility index (Phi) is 6.68. The van der Waals surface area contributed by atoms with Crippen molar-refractivity contribution in [2.75, 3.05) is 32.1 Å². The van der Waals surface area contributed by atoms with Crippen LogP contribution in [0.4, 0.5) is 4.39 Å². The van der Waals surface area contributed by atoms with E-state index in [-0.39, 0.29) is 17.8 Å². The summed E-state index contributed by atoms with van der Waals surface area (Å²) in [5.41, 5.74) is 0. The van der Waals surface area contributed by atoms with E-state index in [2.05, 4.69) is 10.2 Å². The quantitative estimate of drug-likeness (QED) is 0.672. The molecule has 9 heteroatoms. The minimum atomic E-state index is -0.354. The number of aromatic nitrogens is 3. The van der Waals surface area contributed by atoms with E-state index in [1.807, 2.05) is 23.3 Å². The van der Waals surface area contributed by atoms with E-state index in [9.17, 15) is 9.18 Å². The van der Waals surface area contributed by atoms with Crippen LogP contribution in [0.15, 0.2) is 29.4 Å². The molecule has 1 aromatic heterocycles. The van der Waals surface area contributed by atoms with Crippen molar-refractivity contribution in [1.82, 2.24) is 19.7 Å². The highest BCUT2D eigenvalue weighted by atomic mass is 32.2. The van der Waals surface area contributed by atoms with E-state index in [0.717, 1.165) is 0 Å². The molecule has 1 aliphatic rings. The molecule has 1 atom stereocenters. The van der Waals surface area contributed by atoms with E-state index >= 15 is 0 Å². The second-order valence-corrected chi connectivity index (χ2v) is 7.02. The molecule has 146 valence electrons. The van der Waals surface area contributed by atoms with Gasteiger partial charge >= 0.3 is 0 Å². The Morgan fingerprint density at radius 3 is 2.67 bits per heavy atom. The Morgan fingerprint density at radius 2 is 2.00 bits per heavy atom. The number of carbonyl (C=O) groups excluding carboxylic acids is 1. The maximum absolute atomic E-state index is 13.0. The third-order valence-corrected chi connectivity index (χ3v) is 5.19. The van der Waals surface area contributed by atoms with Gasteiger partial charge in [0.25, 0.3) is 0 Å². The maximum Gasteiger partial charge on any atom is 0.233 e. The average molecular weight is 394 g/mol. The van der Waals surface area contributed by atoms with Crippen LogP contribution >= 0.6 is 11.8 Å². The van der Waals surface area contributed by atoms with Gasteiger partial charge in [0.1, 0.15) is 11.6 Å². The summed E-state index contributed by atoms with van der Waals surface area (Å²) < 4.78 is 26.1. The number of nitrogens with zero attached hydrogens (tertiary/aromatic N) is 4. The molecule has 1 aliphatic heterocycles. The molecule has 1 aromatic carbocycles. The first-order valence-electron chi connectivity index (χ1n) is 8.92. The van der Waals surface area contributed by atoms with Gasteiger partial charge in [-0.05, 0) is 38.1 Å². The van der Waals surface area contributed by atoms with Crippen LogP contribution in [0.1, 0.15) is 25.8 Å². The number of halogens is 1. The van der Waals surface area contributed by atoms with Crippen molar-refractivity contribution in [3.05, 3.63) is 35.9 Å². The fourth-order valence-corrected chi connectivity index (χ4v) is 3.72. The zero-order valence-electron chi connectivity index (χ0n) is 15.4. The number of thioether (sulfide) groups is 1. The highest BCUT2D eigenvalue weighted by molar-refractivity contribution is 7.99. The van der Waals surface area contributed by atoms with Gasteiger partial charge in [-0.2, -0.15) is 0 Å². The molecule has 2 aromatic rings. The number of amides is 1. The van der Waals surface area contributed by atoms with E-state index in [0.29, 0.717) is 55.3 Å². The summed E-state index contributed by atoms with van der Waals surface area (Å²) in [4.78, 5) is 14.1. The summed E-state index contributed by atoms with van der Waals surface area (Å²) in [5, 5.41) is 9.14.